The molecule has 3 rings (SSSR count). The lowest BCUT2D eigenvalue weighted by Gasteiger charge is -2.34. The Morgan fingerprint density at radius 2 is 1.82 bits per heavy atom. The van der Waals surface area contributed by atoms with Gasteiger partial charge in [-0.25, -0.2) is 8.42 Å². The maximum Gasteiger partial charge on any atom is 0.248 e. The summed E-state index contributed by atoms with van der Waals surface area (Å²) < 4.78 is 27.6. The van der Waals surface area contributed by atoms with E-state index in [0.29, 0.717) is 12.2 Å². The van der Waals surface area contributed by atoms with Crippen LogP contribution in [0.4, 0.5) is 5.69 Å². The van der Waals surface area contributed by atoms with E-state index in [1.54, 1.807) is 34.6 Å². The van der Waals surface area contributed by atoms with Crippen molar-refractivity contribution in [2.24, 2.45) is 0 Å². The third-order valence-electron chi connectivity index (χ3n) is 5.00. The summed E-state index contributed by atoms with van der Waals surface area (Å²) in [6, 6.07) is 16.0. The minimum Gasteiger partial charge on any atom is -0.323 e. The fraction of sp³-hybridized carbons (Fsp3) is 0.318. The van der Waals surface area contributed by atoms with Gasteiger partial charge in [0.2, 0.25) is 15.9 Å². The van der Waals surface area contributed by atoms with E-state index in [4.69, 9.17) is 0 Å². The molecule has 6 heteroatoms. The summed E-state index contributed by atoms with van der Waals surface area (Å²) in [5.41, 5.74) is 1.50. The largest absolute Gasteiger partial charge is 0.323 e. The molecule has 0 unspecified atom stereocenters. The summed E-state index contributed by atoms with van der Waals surface area (Å²) in [5.74, 6) is -0.262. The molecule has 1 amide bonds. The van der Waals surface area contributed by atoms with Crippen molar-refractivity contribution >= 4 is 27.7 Å². The molecule has 1 atom stereocenters. The van der Waals surface area contributed by atoms with Gasteiger partial charge in [-0.2, -0.15) is 4.31 Å². The lowest BCUT2D eigenvalue weighted by Crippen LogP contribution is -2.43. The number of carbonyl (C=O) groups excluding carboxylic acids is 1. The van der Waals surface area contributed by atoms with Crippen LogP contribution >= 0.6 is 0 Å². The lowest BCUT2D eigenvalue weighted by atomic mass is 10.0. The summed E-state index contributed by atoms with van der Waals surface area (Å²) in [6.45, 7) is 2.60. The Morgan fingerprint density at radius 1 is 1.11 bits per heavy atom. The predicted octanol–water partition coefficient (Wildman–Crippen LogP) is 4.29. The molecule has 1 saturated heterocycles. The average molecular weight is 399 g/mol. The highest BCUT2D eigenvalue weighted by atomic mass is 32.2. The molecular weight excluding hydrogens is 372 g/mol. The normalized spacial score (nSPS) is 18.2. The molecule has 28 heavy (non-hydrogen) atoms. The molecule has 1 aliphatic heterocycles. The van der Waals surface area contributed by atoms with Crippen molar-refractivity contribution in [3.8, 4) is 0 Å². The van der Waals surface area contributed by atoms with E-state index in [1.807, 2.05) is 37.3 Å². The van der Waals surface area contributed by atoms with Crippen LogP contribution in [0.25, 0.3) is 6.08 Å². The standard InChI is InChI=1S/C22H26N2O3S/c1-2-20-10-6-7-17-24(20)28(26,27)21-14-12-19(13-15-21)23-22(25)16-11-18-8-4-3-5-9-18/h3-5,8-9,11-16,20H,2,6-7,10,17H2,1H3,(H,23,25)/b16-11+/t20-/m0/s1. The molecule has 0 aromatic heterocycles. The van der Waals surface area contributed by atoms with Gasteiger partial charge in [-0.1, -0.05) is 43.7 Å². The molecule has 5 nitrogen and oxygen atoms in total. The van der Waals surface area contributed by atoms with Gasteiger partial charge in [0.25, 0.3) is 0 Å². The van der Waals surface area contributed by atoms with Crippen molar-refractivity contribution < 1.29 is 13.2 Å². The first-order chi connectivity index (χ1) is 13.5. The molecule has 0 aliphatic carbocycles. The van der Waals surface area contributed by atoms with E-state index in [0.717, 1.165) is 31.2 Å². The third-order valence-corrected chi connectivity index (χ3v) is 6.97. The third kappa shape index (κ3) is 4.88. The van der Waals surface area contributed by atoms with E-state index in [9.17, 15) is 13.2 Å². The molecule has 1 heterocycles. The Bertz CT molecular complexity index is 922. The second-order valence-electron chi connectivity index (χ2n) is 6.93. The Morgan fingerprint density at radius 3 is 2.50 bits per heavy atom. The number of nitrogens with one attached hydrogen (secondary N) is 1. The van der Waals surface area contributed by atoms with Gasteiger partial charge in [-0.15, -0.1) is 0 Å². The molecule has 0 spiro atoms. The van der Waals surface area contributed by atoms with Crippen molar-refractivity contribution in [2.45, 2.75) is 43.5 Å². The molecule has 1 aliphatic rings. The van der Waals surface area contributed by atoms with Crippen molar-refractivity contribution in [3.63, 3.8) is 0 Å². The van der Waals surface area contributed by atoms with Crippen LogP contribution in [-0.4, -0.2) is 31.2 Å². The number of amides is 1. The number of hydrogen-bond acceptors (Lipinski definition) is 3. The second-order valence-corrected chi connectivity index (χ2v) is 8.82. The van der Waals surface area contributed by atoms with Crippen molar-refractivity contribution in [1.82, 2.24) is 4.31 Å². The summed E-state index contributed by atoms with van der Waals surface area (Å²) in [6.07, 6.45) is 6.90. The first-order valence-electron chi connectivity index (χ1n) is 9.66. The molecule has 1 fully saturated rings. The zero-order valence-corrected chi connectivity index (χ0v) is 16.9. The molecule has 148 valence electrons. The number of benzene rings is 2. The highest BCUT2D eigenvalue weighted by molar-refractivity contribution is 7.89. The van der Waals surface area contributed by atoms with Crippen LogP contribution < -0.4 is 5.32 Å². The van der Waals surface area contributed by atoms with Gasteiger partial charge in [-0.05, 0) is 55.2 Å². The van der Waals surface area contributed by atoms with Gasteiger partial charge in [0.15, 0.2) is 0 Å². The first kappa shape index (κ1) is 20.3. The topological polar surface area (TPSA) is 66.5 Å². The molecule has 0 saturated carbocycles. The van der Waals surface area contributed by atoms with Gasteiger partial charge in [0.1, 0.15) is 0 Å². The summed E-state index contributed by atoms with van der Waals surface area (Å²) in [7, 11) is -3.51. The summed E-state index contributed by atoms with van der Waals surface area (Å²) in [5, 5.41) is 2.76. The van der Waals surface area contributed by atoms with Gasteiger partial charge >= 0.3 is 0 Å². The Kier molecular flexibility index (Phi) is 6.65. The number of piperidine rings is 1. The maximum absolute atomic E-state index is 13.0. The fourth-order valence-electron chi connectivity index (χ4n) is 3.46. The lowest BCUT2D eigenvalue weighted by molar-refractivity contribution is -0.111. The van der Waals surface area contributed by atoms with Crippen LogP contribution in [0.1, 0.15) is 38.2 Å². The maximum atomic E-state index is 13.0. The number of hydrogen-bond donors (Lipinski definition) is 1. The molecule has 1 N–H and O–H groups in total. The minimum atomic E-state index is -3.51. The smallest absolute Gasteiger partial charge is 0.248 e. The molecular formula is C22H26N2O3S. The van der Waals surface area contributed by atoms with E-state index in [1.165, 1.54) is 6.08 Å². The summed E-state index contributed by atoms with van der Waals surface area (Å²) >= 11 is 0. The zero-order valence-electron chi connectivity index (χ0n) is 16.0. The van der Waals surface area contributed by atoms with Crippen LogP contribution in [0.3, 0.4) is 0 Å². The minimum absolute atomic E-state index is 0.0706. The van der Waals surface area contributed by atoms with Crippen LogP contribution in [-0.2, 0) is 14.8 Å². The highest BCUT2D eigenvalue weighted by Gasteiger charge is 2.32. The predicted molar refractivity (Wildman–Crippen MR) is 112 cm³/mol. The van der Waals surface area contributed by atoms with Gasteiger partial charge in [0.05, 0.1) is 4.90 Å². The monoisotopic (exact) mass is 398 g/mol. The molecule has 2 aromatic carbocycles. The molecule has 0 bridgehead atoms. The zero-order chi connectivity index (χ0) is 20.0. The van der Waals surface area contributed by atoms with Gasteiger partial charge < -0.3 is 5.32 Å². The Balaban J connectivity index is 1.67. The summed E-state index contributed by atoms with van der Waals surface area (Å²) in [4.78, 5) is 12.3. The number of rotatable bonds is 6. The van der Waals surface area contributed by atoms with E-state index in [-0.39, 0.29) is 16.8 Å². The van der Waals surface area contributed by atoms with Crippen molar-refractivity contribution in [2.75, 3.05) is 11.9 Å². The number of sulfonamides is 1. The van der Waals surface area contributed by atoms with Crippen LogP contribution in [0, 0.1) is 0 Å². The number of carbonyl (C=O) groups is 1. The van der Waals surface area contributed by atoms with Crippen molar-refractivity contribution in [3.05, 3.63) is 66.2 Å². The highest BCUT2D eigenvalue weighted by Crippen LogP contribution is 2.27. The molecule has 0 radical (unpaired) electrons. The first-order valence-corrected chi connectivity index (χ1v) is 11.1. The fourth-order valence-corrected chi connectivity index (χ4v) is 5.23. The van der Waals surface area contributed by atoms with Crippen LogP contribution in [0.15, 0.2) is 65.6 Å². The van der Waals surface area contributed by atoms with Gasteiger partial charge in [0, 0.05) is 24.4 Å². The van der Waals surface area contributed by atoms with E-state index in [2.05, 4.69) is 5.32 Å². The second kappa shape index (κ2) is 9.17. The number of nitrogens with zero attached hydrogens (tertiary/aromatic N) is 1. The van der Waals surface area contributed by atoms with E-state index < -0.39 is 10.0 Å². The van der Waals surface area contributed by atoms with Crippen LogP contribution in [0.2, 0.25) is 0 Å². The van der Waals surface area contributed by atoms with E-state index >= 15 is 0 Å². The SMILES string of the molecule is CC[C@H]1CCCCN1S(=O)(=O)c1ccc(NC(=O)/C=C/c2ccccc2)cc1. The Hall–Kier alpha value is -2.44. The number of anilines is 1. The van der Waals surface area contributed by atoms with Crippen molar-refractivity contribution in [1.29, 1.82) is 0 Å². The van der Waals surface area contributed by atoms with Gasteiger partial charge in [-0.3, -0.25) is 4.79 Å². The Labute approximate surface area is 167 Å². The quantitative estimate of drug-likeness (QED) is 0.738. The molecule has 2 aromatic rings. The average Bonchev–Trinajstić information content (AvgIpc) is 2.73. The van der Waals surface area contributed by atoms with Crippen LogP contribution in [0.5, 0.6) is 0 Å².